The Balaban J connectivity index is 1.94. The molecule has 0 fully saturated rings. The minimum absolute atomic E-state index is 0.187. The molecule has 0 aliphatic carbocycles. The fraction of sp³-hybridized carbons (Fsp3) is 0.440. The number of hydrogen-bond donors (Lipinski definition) is 0. The second kappa shape index (κ2) is 10.3. The van der Waals surface area contributed by atoms with Crippen LogP contribution in [0.2, 0.25) is 0 Å². The summed E-state index contributed by atoms with van der Waals surface area (Å²) in [5.41, 5.74) is 3.60. The second-order valence-corrected chi connectivity index (χ2v) is 7.14. The molecule has 30 heavy (non-hydrogen) atoms. The van der Waals surface area contributed by atoms with Crippen LogP contribution in [0, 0.1) is 0 Å². The highest BCUT2D eigenvalue weighted by molar-refractivity contribution is 5.63. The molecule has 1 atom stereocenters. The summed E-state index contributed by atoms with van der Waals surface area (Å²) >= 11 is 0. The van der Waals surface area contributed by atoms with Gasteiger partial charge in [-0.1, -0.05) is 6.07 Å². The normalized spacial score (nSPS) is 15.0. The molecule has 0 N–H and O–H groups in total. The molecule has 0 spiro atoms. The molecule has 0 bridgehead atoms. The smallest absolute Gasteiger partial charge is 0.161 e. The first kappa shape index (κ1) is 21.9. The van der Waals surface area contributed by atoms with Crippen molar-refractivity contribution in [3.05, 3.63) is 53.2 Å². The van der Waals surface area contributed by atoms with Crippen LogP contribution in [-0.4, -0.2) is 38.4 Å². The lowest BCUT2D eigenvalue weighted by Gasteiger charge is -2.33. The van der Waals surface area contributed by atoms with E-state index in [-0.39, 0.29) is 6.04 Å². The monoisotopic (exact) mass is 411 g/mol. The number of likely N-dealkylation sites (N-methyl/N-ethyl adjacent to an activating group) is 1. The van der Waals surface area contributed by atoms with Gasteiger partial charge in [0.1, 0.15) is 0 Å². The van der Waals surface area contributed by atoms with Crippen LogP contribution in [0.4, 0.5) is 0 Å². The Hall–Kier alpha value is -2.82. The third-order valence-electron chi connectivity index (χ3n) is 5.13. The predicted octanol–water partition coefficient (Wildman–Crippen LogP) is 5.48. The van der Waals surface area contributed by atoms with Crippen LogP contribution in [0.1, 0.15) is 50.4 Å². The van der Waals surface area contributed by atoms with Crippen LogP contribution in [-0.2, 0) is 6.42 Å². The van der Waals surface area contributed by atoms with Gasteiger partial charge < -0.3 is 23.8 Å². The van der Waals surface area contributed by atoms with Crippen molar-refractivity contribution >= 4 is 6.08 Å². The first-order chi connectivity index (χ1) is 14.6. The highest BCUT2D eigenvalue weighted by Gasteiger charge is 2.24. The van der Waals surface area contributed by atoms with Crippen LogP contribution in [0.25, 0.3) is 6.08 Å². The number of rotatable bonds is 10. The van der Waals surface area contributed by atoms with E-state index in [0.717, 1.165) is 29.4 Å². The van der Waals surface area contributed by atoms with Crippen LogP contribution in [0.5, 0.6) is 23.0 Å². The first-order valence-electron chi connectivity index (χ1n) is 10.8. The maximum absolute atomic E-state index is 5.88. The second-order valence-electron chi connectivity index (χ2n) is 7.14. The Labute approximate surface area is 180 Å². The molecule has 0 saturated carbocycles. The van der Waals surface area contributed by atoms with E-state index in [2.05, 4.69) is 48.5 Å². The predicted molar refractivity (Wildman–Crippen MR) is 121 cm³/mol. The molecule has 3 rings (SSSR count). The van der Waals surface area contributed by atoms with Crippen molar-refractivity contribution in [2.75, 3.05) is 33.5 Å². The van der Waals surface area contributed by atoms with Crippen molar-refractivity contribution in [2.45, 2.75) is 40.2 Å². The minimum Gasteiger partial charge on any atom is -0.490 e. The van der Waals surface area contributed by atoms with Gasteiger partial charge in [0, 0.05) is 7.05 Å². The average Bonchev–Trinajstić information content (AvgIpc) is 2.73. The summed E-state index contributed by atoms with van der Waals surface area (Å²) in [7, 11) is 2.11. The van der Waals surface area contributed by atoms with Crippen LogP contribution in [0.3, 0.4) is 0 Å². The van der Waals surface area contributed by atoms with Crippen molar-refractivity contribution in [1.29, 1.82) is 0 Å². The van der Waals surface area contributed by atoms with E-state index in [1.165, 1.54) is 16.7 Å². The summed E-state index contributed by atoms with van der Waals surface area (Å²) in [6, 6.07) is 10.6. The molecule has 0 aromatic heterocycles. The quantitative estimate of drug-likeness (QED) is 0.518. The maximum Gasteiger partial charge on any atom is 0.161 e. The van der Waals surface area contributed by atoms with Crippen molar-refractivity contribution in [2.24, 2.45) is 0 Å². The van der Waals surface area contributed by atoms with Crippen LogP contribution < -0.4 is 18.9 Å². The highest BCUT2D eigenvalue weighted by atomic mass is 16.5. The Kier molecular flexibility index (Phi) is 7.50. The number of hydrogen-bond acceptors (Lipinski definition) is 5. The summed E-state index contributed by atoms with van der Waals surface area (Å²) in [6.07, 6.45) is 5.11. The number of fused-ring (bicyclic) bond motifs is 1. The Morgan fingerprint density at radius 1 is 0.733 bits per heavy atom. The molecule has 0 radical (unpaired) electrons. The van der Waals surface area contributed by atoms with Crippen molar-refractivity contribution in [3.63, 3.8) is 0 Å². The SMILES string of the molecule is CCOc1ccc(CC2c3cc(OCC)c(OCC)cc3C=CN2C)cc1OCC. The van der Waals surface area contributed by atoms with E-state index < -0.39 is 0 Å². The summed E-state index contributed by atoms with van der Waals surface area (Å²) in [5.74, 6) is 3.19. The Morgan fingerprint density at radius 3 is 1.93 bits per heavy atom. The minimum atomic E-state index is 0.187. The van der Waals surface area contributed by atoms with Gasteiger partial charge in [-0.05, 0) is 87.3 Å². The number of nitrogens with zero attached hydrogens (tertiary/aromatic N) is 1. The van der Waals surface area contributed by atoms with E-state index in [9.17, 15) is 0 Å². The zero-order valence-corrected chi connectivity index (χ0v) is 18.7. The summed E-state index contributed by atoms with van der Waals surface area (Å²) < 4.78 is 23.2. The molecular weight excluding hydrogens is 378 g/mol. The topological polar surface area (TPSA) is 40.2 Å². The largest absolute Gasteiger partial charge is 0.490 e. The van der Waals surface area contributed by atoms with E-state index in [1.807, 2.05) is 33.8 Å². The summed E-state index contributed by atoms with van der Waals surface area (Å²) in [5, 5.41) is 0. The first-order valence-corrected chi connectivity index (χ1v) is 10.8. The van der Waals surface area contributed by atoms with Gasteiger partial charge in [0.2, 0.25) is 0 Å². The van der Waals surface area contributed by atoms with Crippen molar-refractivity contribution < 1.29 is 18.9 Å². The Bertz CT molecular complexity index is 878. The fourth-order valence-electron chi connectivity index (χ4n) is 3.78. The third kappa shape index (κ3) is 4.84. The lowest BCUT2D eigenvalue weighted by atomic mass is 9.91. The van der Waals surface area contributed by atoms with Crippen molar-refractivity contribution in [1.82, 2.24) is 4.90 Å². The van der Waals surface area contributed by atoms with E-state index in [4.69, 9.17) is 18.9 Å². The number of benzene rings is 2. The van der Waals surface area contributed by atoms with Gasteiger partial charge in [-0.3, -0.25) is 0 Å². The van der Waals surface area contributed by atoms with Gasteiger partial charge in [-0.25, -0.2) is 0 Å². The van der Waals surface area contributed by atoms with Gasteiger partial charge in [0.25, 0.3) is 0 Å². The van der Waals surface area contributed by atoms with Crippen molar-refractivity contribution in [3.8, 4) is 23.0 Å². The molecule has 1 aliphatic heterocycles. The zero-order chi connectivity index (χ0) is 21.5. The van der Waals surface area contributed by atoms with Crippen LogP contribution >= 0.6 is 0 Å². The molecule has 1 aliphatic rings. The van der Waals surface area contributed by atoms with Gasteiger partial charge in [-0.2, -0.15) is 0 Å². The molecule has 5 nitrogen and oxygen atoms in total. The summed E-state index contributed by atoms with van der Waals surface area (Å²) in [4.78, 5) is 2.25. The van der Waals surface area contributed by atoms with E-state index in [0.29, 0.717) is 26.4 Å². The standard InChI is InChI=1S/C25H33NO4/c1-6-27-22-11-10-18(15-23(22)28-7-2)14-21-20-17-25(30-9-4)24(29-8-3)16-19(20)12-13-26(21)5/h10-13,15-17,21H,6-9,14H2,1-5H3. The Morgan fingerprint density at radius 2 is 1.30 bits per heavy atom. The van der Waals surface area contributed by atoms with Crippen LogP contribution in [0.15, 0.2) is 36.5 Å². The molecule has 0 saturated heterocycles. The van der Waals surface area contributed by atoms with Gasteiger partial charge >= 0.3 is 0 Å². The molecular formula is C25H33NO4. The van der Waals surface area contributed by atoms with Gasteiger partial charge in [-0.15, -0.1) is 0 Å². The third-order valence-corrected chi connectivity index (χ3v) is 5.13. The molecule has 1 heterocycles. The lowest BCUT2D eigenvalue weighted by molar-refractivity contribution is 0.283. The van der Waals surface area contributed by atoms with E-state index >= 15 is 0 Å². The van der Waals surface area contributed by atoms with Gasteiger partial charge in [0.05, 0.1) is 32.5 Å². The molecule has 162 valence electrons. The molecule has 5 heteroatoms. The average molecular weight is 412 g/mol. The van der Waals surface area contributed by atoms with Gasteiger partial charge in [0.15, 0.2) is 23.0 Å². The molecule has 2 aromatic rings. The molecule has 1 unspecified atom stereocenters. The van der Waals surface area contributed by atoms with E-state index in [1.54, 1.807) is 0 Å². The maximum atomic E-state index is 5.88. The molecule has 0 amide bonds. The fourth-order valence-corrected chi connectivity index (χ4v) is 3.78. The number of ether oxygens (including phenoxy) is 4. The lowest BCUT2D eigenvalue weighted by Crippen LogP contribution is -2.24. The molecule has 2 aromatic carbocycles. The summed E-state index contributed by atoms with van der Waals surface area (Å²) in [6.45, 7) is 10.4. The highest BCUT2D eigenvalue weighted by Crippen LogP contribution is 2.40. The zero-order valence-electron chi connectivity index (χ0n) is 18.7.